The van der Waals surface area contributed by atoms with Crippen LogP contribution in [0.15, 0.2) is 0 Å². The number of fused-ring (bicyclic) bond motifs is 1. The summed E-state index contributed by atoms with van der Waals surface area (Å²) < 4.78 is 9.84. The van der Waals surface area contributed by atoms with Crippen LogP contribution in [0.4, 0.5) is 0 Å². The predicted octanol–water partition coefficient (Wildman–Crippen LogP) is -0.526. The van der Waals surface area contributed by atoms with Crippen LogP contribution < -0.4 is 0 Å². The van der Waals surface area contributed by atoms with E-state index in [9.17, 15) is 10.2 Å². The average Bonchev–Trinajstić information content (AvgIpc) is 2.41. The van der Waals surface area contributed by atoms with E-state index >= 15 is 0 Å². The summed E-state index contributed by atoms with van der Waals surface area (Å²) in [6.45, 7) is 0.708. The van der Waals surface area contributed by atoms with E-state index in [0.717, 1.165) is 0 Å². The van der Waals surface area contributed by atoms with E-state index in [1.165, 1.54) is 0 Å². The molecule has 2 aliphatic heterocycles. The molecule has 2 heterocycles. The summed E-state index contributed by atoms with van der Waals surface area (Å²) in [6, 6.07) is 0. The zero-order valence-corrected chi connectivity index (χ0v) is 7.39. The molecule has 2 saturated heterocycles. The Balaban J connectivity index is 2.09. The van der Waals surface area contributed by atoms with Crippen molar-refractivity contribution in [2.75, 3.05) is 13.2 Å². The first-order chi connectivity index (χ1) is 4.79. The normalized spacial score (nSPS) is 49.8. The molecule has 10 heavy (non-hydrogen) atoms. The van der Waals surface area contributed by atoms with Gasteiger partial charge in [0.15, 0.2) is 0 Å². The van der Waals surface area contributed by atoms with Crippen LogP contribution in [0.25, 0.3) is 0 Å². The second-order valence-corrected chi connectivity index (χ2v) is 7.29. The third-order valence-corrected chi connectivity index (χ3v) is 6.77. The molecule has 0 spiro atoms. The van der Waals surface area contributed by atoms with Gasteiger partial charge >= 0.3 is 65.8 Å². The molecule has 5 heteroatoms. The number of alkyl halides is 2. The molecule has 2 N–H and O–H groups in total. The van der Waals surface area contributed by atoms with E-state index in [0.29, 0.717) is 13.2 Å². The van der Waals surface area contributed by atoms with E-state index in [1.54, 1.807) is 0 Å². The molecule has 0 aromatic rings. The van der Waals surface area contributed by atoms with Gasteiger partial charge in [0.2, 0.25) is 0 Å². The van der Waals surface area contributed by atoms with Crippen molar-refractivity contribution in [1.29, 1.82) is 0 Å². The fourth-order valence-corrected chi connectivity index (χ4v) is 5.56. The van der Waals surface area contributed by atoms with Gasteiger partial charge in [0.25, 0.3) is 0 Å². The van der Waals surface area contributed by atoms with Gasteiger partial charge in [-0.1, -0.05) is 0 Å². The molecule has 4 nitrogen and oxygen atoms in total. The first-order valence-electron chi connectivity index (χ1n) is 3.07. The summed E-state index contributed by atoms with van der Waals surface area (Å²) in [5, 5.41) is 18.4. The molecule has 0 bridgehead atoms. The zero-order valence-electron chi connectivity index (χ0n) is 5.24. The molecule has 0 aliphatic carbocycles. The molecule has 0 aromatic heterocycles. The van der Waals surface area contributed by atoms with Crippen molar-refractivity contribution in [2.45, 2.75) is 14.3 Å². The Kier molecular flexibility index (Phi) is 1.85. The number of ether oxygens (including phenoxy) is 1. The van der Waals surface area contributed by atoms with Gasteiger partial charge in [-0.15, -0.1) is 0 Å². The maximum absolute atomic E-state index is 9.23. The molecule has 3 atom stereocenters. The van der Waals surface area contributed by atoms with Gasteiger partial charge in [-0.25, -0.2) is 0 Å². The van der Waals surface area contributed by atoms with Crippen LogP contribution in [-0.4, -0.2) is 37.8 Å². The van der Waals surface area contributed by atoms with Crippen molar-refractivity contribution in [3.63, 3.8) is 0 Å². The number of hydrogen-bond acceptors (Lipinski definition) is 4. The van der Waals surface area contributed by atoms with E-state index in [1.807, 2.05) is 0 Å². The maximum atomic E-state index is 9.23. The third kappa shape index (κ3) is 0.964. The van der Waals surface area contributed by atoms with Gasteiger partial charge < -0.3 is 0 Å². The molecule has 2 aliphatic rings. The molecular weight excluding hydrogens is 251 g/mol. The molecule has 2 fully saturated rings. The predicted molar refractivity (Wildman–Crippen MR) is 41.7 cm³/mol. The van der Waals surface area contributed by atoms with Crippen LogP contribution in [0, 0.1) is 0 Å². The summed E-state index contributed by atoms with van der Waals surface area (Å²) in [7, 11) is 0. The summed E-state index contributed by atoms with van der Waals surface area (Å²) in [4.78, 5) is 0. The molecule has 3 unspecified atom stereocenters. The van der Waals surface area contributed by atoms with Crippen molar-refractivity contribution in [3.05, 3.63) is 0 Å². The van der Waals surface area contributed by atoms with Crippen molar-refractivity contribution >= 4 is 20.2 Å². The van der Waals surface area contributed by atoms with Crippen molar-refractivity contribution < 1.29 is 18.0 Å². The first kappa shape index (κ1) is 7.23. The Morgan fingerprint density at radius 1 is 1.30 bits per heavy atom. The van der Waals surface area contributed by atoms with Gasteiger partial charge in [0.1, 0.15) is 0 Å². The summed E-state index contributed by atoms with van der Waals surface area (Å²) >= 11 is -1.78. The average molecular weight is 260 g/mol. The van der Waals surface area contributed by atoms with Gasteiger partial charge in [0, 0.05) is 0 Å². The Labute approximate surface area is 66.1 Å². The van der Waals surface area contributed by atoms with Crippen LogP contribution >= 0.6 is 20.2 Å². The number of rotatable bonds is 0. The van der Waals surface area contributed by atoms with Crippen LogP contribution in [0.1, 0.15) is 0 Å². The van der Waals surface area contributed by atoms with Crippen LogP contribution in [-0.2, 0) is 7.80 Å². The minimum atomic E-state index is -1.78. The van der Waals surface area contributed by atoms with E-state index in [-0.39, 0.29) is 4.11 Å². The fraction of sp³-hybridized carbons (Fsp3) is 1.00. The number of aliphatic hydroxyl groups excluding tert-OH is 2. The Hall–Kier alpha value is 0.570. The standard InChI is InChI=1S/C5H9IO4/c7-3-1-10-6-4(8)2-9-5(3)6/h3-5,7-8H,1-2H2. The minimum absolute atomic E-state index is 0.140. The summed E-state index contributed by atoms with van der Waals surface area (Å²) in [5.41, 5.74) is 0. The Bertz CT molecular complexity index is 126. The van der Waals surface area contributed by atoms with Crippen LogP contribution in [0.2, 0.25) is 0 Å². The van der Waals surface area contributed by atoms with Crippen LogP contribution in [0.5, 0.6) is 0 Å². The topological polar surface area (TPSA) is 58.9 Å². The molecule has 0 aromatic carbocycles. The second-order valence-electron chi connectivity index (χ2n) is 2.27. The molecule has 0 amide bonds. The molecule has 60 valence electrons. The Morgan fingerprint density at radius 2 is 2.10 bits per heavy atom. The van der Waals surface area contributed by atoms with Gasteiger partial charge in [0.05, 0.1) is 0 Å². The third-order valence-electron chi connectivity index (χ3n) is 1.52. The van der Waals surface area contributed by atoms with E-state index in [2.05, 4.69) is 0 Å². The first-order valence-corrected chi connectivity index (χ1v) is 6.44. The van der Waals surface area contributed by atoms with Gasteiger partial charge in [-0.05, 0) is 0 Å². The van der Waals surface area contributed by atoms with E-state index < -0.39 is 30.4 Å². The van der Waals surface area contributed by atoms with Gasteiger partial charge in [-0.3, -0.25) is 0 Å². The summed E-state index contributed by atoms with van der Waals surface area (Å²) in [5.74, 6) is 0. The number of aliphatic hydroxyl groups is 2. The molecule has 0 saturated carbocycles. The second kappa shape index (κ2) is 2.56. The Morgan fingerprint density at radius 3 is 2.80 bits per heavy atom. The molecule has 0 radical (unpaired) electrons. The molecule has 2 rings (SSSR count). The monoisotopic (exact) mass is 260 g/mol. The van der Waals surface area contributed by atoms with Gasteiger partial charge in [-0.2, -0.15) is 0 Å². The number of halogens is 1. The SMILES string of the molecule is OC1COI2C(O)COC12. The van der Waals surface area contributed by atoms with Crippen molar-refractivity contribution in [2.24, 2.45) is 0 Å². The van der Waals surface area contributed by atoms with Crippen molar-refractivity contribution in [3.8, 4) is 0 Å². The molecular formula is C5H9IO4. The summed E-state index contributed by atoms with van der Waals surface area (Å²) in [6.07, 6.45) is -0.484. The number of hydrogen-bond donors (Lipinski definition) is 2. The zero-order chi connectivity index (χ0) is 7.14. The van der Waals surface area contributed by atoms with Crippen molar-refractivity contribution in [1.82, 2.24) is 0 Å². The van der Waals surface area contributed by atoms with E-state index in [4.69, 9.17) is 7.80 Å². The quantitative estimate of drug-likeness (QED) is 0.454. The fourth-order valence-electron chi connectivity index (χ4n) is 1.04. The van der Waals surface area contributed by atoms with Crippen LogP contribution in [0.3, 0.4) is 0 Å².